The minimum atomic E-state index is -1.24. The molecule has 0 unspecified atom stereocenters. The molecule has 0 aliphatic carbocycles. The molecule has 0 heterocycles. The van der Waals surface area contributed by atoms with E-state index in [-0.39, 0.29) is 0 Å². The number of carbonyl (C=O) groups is 1. The normalized spacial score (nSPS) is 10.1. The zero-order valence-corrected chi connectivity index (χ0v) is 9.63. The van der Waals surface area contributed by atoms with Gasteiger partial charge in [-0.25, -0.2) is 0 Å². The third-order valence-electron chi connectivity index (χ3n) is 2.71. The largest absolute Gasteiger partial charge is 0.727 e. The van der Waals surface area contributed by atoms with Crippen molar-refractivity contribution in [2.45, 2.75) is 0 Å². The van der Waals surface area contributed by atoms with Crippen molar-refractivity contribution in [1.82, 2.24) is 0 Å². The van der Waals surface area contributed by atoms with Crippen LogP contribution < -0.4 is 11.2 Å². The molecule has 0 aliphatic heterocycles. The Labute approximate surface area is 105 Å². The van der Waals surface area contributed by atoms with Crippen molar-refractivity contribution >= 4 is 18.5 Å². The lowest BCUT2D eigenvalue weighted by Gasteiger charge is -2.04. The fourth-order valence-electron chi connectivity index (χ4n) is 1.72. The number of amides is 1. The van der Waals surface area contributed by atoms with Gasteiger partial charge in [0.05, 0.1) is 0 Å². The summed E-state index contributed by atoms with van der Waals surface area (Å²) in [6.07, 6.45) is 0. The molecule has 0 aromatic heterocycles. The Morgan fingerprint density at radius 1 is 1.11 bits per heavy atom. The molecule has 2 aromatic rings. The molecular weight excluding hydrogens is 229 g/mol. The molecule has 2 rings (SSSR count). The van der Waals surface area contributed by atoms with Crippen LogP contribution in [0, 0.1) is 0 Å². The smallest absolute Gasteiger partial charge is 0.522 e. The first-order valence-corrected chi connectivity index (χ1v) is 5.47. The summed E-state index contributed by atoms with van der Waals surface area (Å²) in [5.41, 5.74) is 7.95. The van der Waals surface area contributed by atoms with Gasteiger partial charge >= 0.3 is 7.12 Å². The fraction of sp³-hybridized carbons (Fsp3) is 0. The molecule has 0 radical (unpaired) electrons. The number of primary amides is 1. The van der Waals surface area contributed by atoms with Crippen molar-refractivity contribution in [3.8, 4) is 11.1 Å². The van der Waals surface area contributed by atoms with E-state index in [2.05, 4.69) is 0 Å². The molecule has 0 saturated heterocycles. The van der Waals surface area contributed by atoms with Crippen LogP contribution in [-0.4, -0.2) is 23.1 Å². The minimum absolute atomic E-state index is 0.454. The summed E-state index contributed by atoms with van der Waals surface area (Å²) in [6, 6.07) is 14.0. The van der Waals surface area contributed by atoms with E-state index in [9.17, 15) is 9.82 Å². The number of nitrogens with two attached hydrogens (primary N) is 1. The highest BCUT2D eigenvalue weighted by atomic mass is 16.4. The Balaban J connectivity index is 2.36. The van der Waals surface area contributed by atoms with E-state index in [0.717, 1.165) is 11.1 Å². The third-order valence-corrected chi connectivity index (χ3v) is 2.71. The topological polar surface area (TPSA) is 86.2 Å². The van der Waals surface area contributed by atoms with E-state index in [0.29, 0.717) is 11.0 Å². The lowest BCUT2D eigenvalue weighted by Crippen LogP contribution is -2.29. The molecular formula is C13H13BNO3+. The average molecular weight is 242 g/mol. The maximum atomic E-state index is 11.0. The van der Waals surface area contributed by atoms with Crippen LogP contribution in [0.2, 0.25) is 0 Å². The van der Waals surface area contributed by atoms with Gasteiger partial charge in [0.15, 0.2) is 0 Å². The van der Waals surface area contributed by atoms with E-state index >= 15 is 0 Å². The van der Waals surface area contributed by atoms with Crippen LogP contribution >= 0.6 is 0 Å². The van der Waals surface area contributed by atoms with Crippen LogP contribution in [0.25, 0.3) is 11.1 Å². The van der Waals surface area contributed by atoms with Gasteiger partial charge < -0.3 is 15.8 Å². The third kappa shape index (κ3) is 2.59. The Morgan fingerprint density at radius 3 is 2.33 bits per heavy atom. The first kappa shape index (κ1) is 12.4. The number of hydrogen-bond donors (Lipinski definition) is 2. The van der Waals surface area contributed by atoms with Gasteiger partial charge in [0.25, 0.3) is 0 Å². The van der Waals surface area contributed by atoms with Crippen molar-refractivity contribution in [1.29, 1.82) is 0 Å². The Hall–Kier alpha value is -2.11. The molecule has 0 atom stereocenters. The second-order valence-corrected chi connectivity index (χ2v) is 3.97. The van der Waals surface area contributed by atoms with Crippen LogP contribution in [0.1, 0.15) is 10.4 Å². The maximum absolute atomic E-state index is 11.0. The molecule has 5 N–H and O–H groups in total. The molecule has 4 nitrogen and oxygen atoms in total. The Bertz CT molecular complexity index is 567. The van der Waals surface area contributed by atoms with Gasteiger partial charge in [-0.05, 0) is 29.3 Å². The first-order valence-electron chi connectivity index (χ1n) is 5.47. The predicted octanol–water partition coefficient (Wildman–Crippen LogP) is -0.135. The monoisotopic (exact) mass is 242 g/mol. The van der Waals surface area contributed by atoms with Crippen molar-refractivity contribution < 1.29 is 14.8 Å². The van der Waals surface area contributed by atoms with Crippen molar-refractivity contribution in [2.24, 2.45) is 5.73 Å². The first-order chi connectivity index (χ1) is 8.58. The molecule has 18 heavy (non-hydrogen) atoms. The molecule has 0 spiro atoms. The zero-order chi connectivity index (χ0) is 13.1. The second kappa shape index (κ2) is 5.04. The highest BCUT2D eigenvalue weighted by Crippen LogP contribution is 2.18. The van der Waals surface area contributed by atoms with E-state index in [4.69, 9.17) is 10.8 Å². The fourth-order valence-corrected chi connectivity index (χ4v) is 1.72. The lowest BCUT2D eigenvalue weighted by molar-refractivity contribution is 0.100. The molecule has 90 valence electrons. The summed E-state index contributed by atoms with van der Waals surface area (Å²) in [4.78, 5) is 11.0. The quantitative estimate of drug-likeness (QED) is 0.580. The zero-order valence-electron chi connectivity index (χ0n) is 9.63. The van der Waals surface area contributed by atoms with E-state index < -0.39 is 13.0 Å². The molecule has 5 heteroatoms. The minimum Gasteiger partial charge on any atom is -0.522 e. The van der Waals surface area contributed by atoms with Crippen molar-refractivity contribution in [2.75, 3.05) is 0 Å². The maximum Gasteiger partial charge on any atom is 0.727 e. The van der Waals surface area contributed by atoms with Crippen molar-refractivity contribution in [3.63, 3.8) is 0 Å². The summed E-state index contributed by atoms with van der Waals surface area (Å²) >= 11 is 0. The number of carbonyl (C=O) groups excluding carboxylic acids is 1. The average Bonchev–Trinajstić information content (AvgIpc) is 2.39. The number of rotatable bonds is 3. The van der Waals surface area contributed by atoms with Crippen LogP contribution in [-0.2, 0) is 0 Å². The molecule has 0 aliphatic rings. The second-order valence-electron chi connectivity index (χ2n) is 3.97. The molecule has 1 amide bonds. The van der Waals surface area contributed by atoms with Gasteiger partial charge in [0.1, 0.15) is 0 Å². The molecule has 0 saturated carbocycles. The molecule has 0 bridgehead atoms. The van der Waals surface area contributed by atoms with Crippen LogP contribution in [0.4, 0.5) is 0 Å². The standard InChI is InChI=1S/C13H12BNO3/c15-13(16)10-6-4-9(5-7-10)11-2-1-3-12(8-11)14(17)18/h1-8,17-18H,(H2,15,16)/p+1. The summed E-state index contributed by atoms with van der Waals surface area (Å²) < 4.78 is 0. The van der Waals surface area contributed by atoms with Gasteiger partial charge in [0.2, 0.25) is 5.91 Å². The highest BCUT2D eigenvalue weighted by Gasteiger charge is 2.21. The van der Waals surface area contributed by atoms with Gasteiger partial charge in [-0.1, -0.05) is 30.3 Å². The number of hydrogen-bond acceptors (Lipinski definition) is 2. The van der Waals surface area contributed by atoms with Crippen molar-refractivity contribution in [3.05, 3.63) is 54.1 Å². The van der Waals surface area contributed by atoms with Gasteiger partial charge in [-0.15, -0.1) is 0 Å². The van der Waals surface area contributed by atoms with E-state index in [1.165, 1.54) is 0 Å². The summed E-state index contributed by atoms with van der Waals surface area (Å²) in [5.74, 6) is -0.461. The van der Waals surface area contributed by atoms with E-state index in [1.807, 2.05) is 6.07 Å². The SMILES string of the molecule is NC(=O)c1ccc(-c2cccc(B(O)[OH2+])c2)cc1. The van der Waals surface area contributed by atoms with Gasteiger partial charge in [-0.2, -0.15) is 0 Å². The van der Waals surface area contributed by atoms with E-state index in [1.54, 1.807) is 42.5 Å². The summed E-state index contributed by atoms with van der Waals surface area (Å²) in [6.45, 7) is 0. The summed E-state index contributed by atoms with van der Waals surface area (Å²) in [5, 5.41) is 16.5. The van der Waals surface area contributed by atoms with Gasteiger partial charge in [-0.3, -0.25) is 4.79 Å². The number of benzene rings is 2. The van der Waals surface area contributed by atoms with Gasteiger partial charge in [0, 0.05) is 11.0 Å². The summed E-state index contributed by atoms with van der Waals surface area (Å²) in [7, 11) is -1.24. The highest BCUT2D eigenvalue weighted by molar-refractivity contribution is 6.58. The van der Waals surface area contributed by atoms with Crippen LogP contribution in [0.15, 0.2) is 48.5 Å². The molecule has 2 aromatic carbocycles. The van der Waals surface area contributed by atoms with Crippen LogP contribution in [0.3, 0.4) is 0 Å². The molecule has 0 fully saturated rings. The predicted molar refractivity (Wildman–Crippen MR) is 71.6 cm³/mol. The Kier molecular flexibility index (Phi) is 3.46. The lowest BCUT2D eigenvalue weighted by atomic mass is 9.79. The Morgan fingerprint density at radius 2 is 1.78 bits per heavy atom. The van der Waals surface area contributed by atoms with Crippen LogP contribution in [0.5, 0.6) is 0 Å².